The summed E-state index contributed by atoms with van der Waals surface area (Å²) in [6.45, 7) is 0.288. The average Bonchev–Trinajstić information content (AvgIpc) is 2.59. The lowest BCUT2D eigenvalue weighted by molar-refractivity contribution is 0.325. The zero-order valence-electron chi connectivity index (χ0n) is 8.92. The molecule has 0 spiro atoms. The lowest BCUT2D eigenvalue weighted by Gasteiger charge is -2.11. The molecule has 7 heteroatoms. The molecule has 1 atom stereocenters. The summed E-state index contributed by atoms with van der Waals surface area (Å²) in [4.78, 5) is -0.0512. The van der Waals surface area contributed by atoms with Gasteiger partial charge in [0, 0.05) is 5.56 Å². The van der Waals surface area contributed by atoms with Crippen LogP contribution in [0, 0.1) is 0 Å². The standard InChI is InChI=1S/C10H12N2O3S2/c11-10(16)6-17(13,14)12-8-5-15-9-4-2-1-3-7(8)9/h1-4,8,12H,5-6H2,(H2,11,16). The molecule has 1 heterocycles. The van der Waals surface area contributed by atoms with Gasteiger partial charge in [0.2, 0.25) is 10.0 Å². The molecule has 1 unspecified atom stereocenters. The van der Waals surface area contributed by atoms with Gasteiger partial charge in [-0.05, 0) is 6.07 Å². The Hall–Kier alpha value is -1.18. The second-order valence-corrected chi connectivity index (χ2v) is 6.02. The van der Waals surface area contributed by atoms with Gasteiger partial charge in [0.1, 0.15) is 18.1 Å². The quantitative estimate of drug-likeness (QED) is 0.772. The van der Waals surface area contributed by atoms with Crippen LogP contribution in [0.3, 0.4) is 0 Å². The van der Waals surface area contributed by atoms with Gasteiger partial charge in [0.05, 0.1) is 11.0 Å². The molecule has 0 aromatic heterocycles. The number of rotatable bonds is 4. The van der Waals surface area contributed by atoms with E-state index in [1.54, 1.807) is 6.07 Å². The largest absolute Gasteiger partial charge is 0.491 e. The Morgan fingerprint density at radius 2 is 2.24 bits per heavy atom. The van der Waals surface area contributed by atoms with E-state index in [0.717, 1.165) is 5.56 Å². The number of benzene rings is 1. The van der Waals surface area contributed by atoms with E-state index >= 15 is 0 Å². The number of ether oxygens (including phenoxy) is 1. The van der Waals surface area contributed by atoms with Gasteiger partial charge in [-0.3, -0.25) is 0 Å². The third kappa shape index (κ3) is 2.93. The molecule has 0 amide bonds. The molecule has 0 aliphatic carbocycles. The van der Waals surface area contributed by atoms with Gasteiger partial charge in [-0.1, -0.05) is 30.4 Å². The Bertz CT molecular complexity index is 542. The zero-order valence-corrected chi connectivity index (χ0v) is 10.6. The van der Waals surface area contributed by atoms with Crippen LogP contribution in [0.1, 0.15) is 11.6 Å². The van der Waals surface area contributed by atoms with Crippen LogP contribution in [0.5, 0.6) is 5.75 Å². The normalized spacial score (nSPS) is 18.5. The van der Waals surface area contributed by atoms with E-state index in [0.29, 0.717) is 5.75 Å². The minimum atomic E-state index is -3.50. The highest BCUT2D eigenvalue weighted by Crippen LogP contribution is 2.31. The van der Waals surface area contributed by atoms with Gasteiger partial charge in [0.15, 0.2) is 0 Å². The summed E-state index contributed by atoms with van der Waals surface area (Å²) in [6, 6.07) is 6.94. The minimum absolute atomic E-state index is 0.0512. The smallest absolute Gasteiger partial charge is 0.218 e. The number of para-hydroxylation sites is 1. The molecule has 1 aromatic carbocycles. The Balaban J connectivity index is 2.15. The summed E-state index contributed by atoms with van der Waals surface area (Å²) in [7, 11) is -3.50. The number of fused-ring (bicyclic) bond motifs is 1. The van der Waals surface area contributed by atoms with Crippen molar-refractivity contribution >= 4 is 27.2 Å². The van der Waals surface area contributed by atoms with Crippen LogP contribution in [0.15, 0.2) is 24.3 Å². The maximum atomic E-state index is 11.7. The monoisotopic (exact) mass is 272 g/mol. The Labute approximate surface area is 105 Å². The second-order valence-electron chi connectivity index (χ2n) is 3.74. The molecular weight excluding hydrogens is 260 g/mol. The van der Waals surface area contributed by atoms with Crippen LogP contribution >= 0.6 is 12.2 Å². The molecule has 1 aliphatic rings. The SMILES string of the molecule is NC(=S)CS(=O)(=O)NC1COc2ccccc21. The van der Waals surface area contributed by atoms with Crippen molar-refractivity contribution in [3.05, 3.63) is 29.8 Å². The van der Waals surface area contributed by atoms with E-state index in [2.05, 4.69) is 16.9 Å². The van der Waals surface area contributed by atoms with E-state index in [-0.39, 0.29) is 23.4 Å². The van der Waals surface area contributed by atoms with Crippen LogP contribution < -0.4 is 15.2 Å². The van der Waals surface area contributed by atoms with Crippen molar-refractivity contribution in [2.45, 2.75) is 6.04 Å². The van der Waals surface area contributed by atoms with Crippen molar-refractivity contribution in [2.24, 2.45) is 5.73 Å². The number of thiocarbonyl (C=S) groups is 1. The van der Waals surface area contributed by atoms with E-state index in [1.165, 1.54) is 0 Å². The zero-order chi connectivity index (χ0) is 12.5. The third-order valence-electron chi connectivity index (χ3n) is 2.35. The van der Waals surface area contributed by atoms with Crippen molar-refractivity contribution in [2.75, 3.05) is 12.4 Å². The van der Waals surface area contributed by atoms with Crippen molar-refractivity contribution < 1.29 is 13.2 Å². The van der Waals surface area contributed by atoms with Crippen LogP contribution in [0.25, 0.3) is 0 Å². The fourth-order valence-corrected chi connectivity index (χ4v) is 3.26. The first kappa shape index (κ1) is 12.3. The molecule has 2 rings (SSSR count). The van der Waals surface area contributed by atoms with E-state index < -0.39 is 10.0 Å². The van der Waals surface area contributed by atoms with Gasteiger partial charge in [0.25, 0.3) is 0 Å². The summed E-state index contributed by atoms with van der Waals surface area (Å²) in [6.07, 6.45) is 0. The maximum absolute atomic E-state index is 11.7. The van der Waals surface area contributed by atoms with Gasteiger partial charge in [-0.25, -0.2) is 13.1 Å². The van der Waals surface area contributed by atoms with Gasteiger partial charge >= 0.3 is 0 Å². The fourth-order valence-electron chi connectivity index (χ4n) is 1.71. The number of nitrogens with one attached hydrogen (secondary N) is 1. The van der Waals surface area contributed by atoms with Gasteiger partial charge in [-0.15, -0.1) is 0 Å². The molecule has 1 aliphatic heterocycles. The first-order valence-electron chi connectivity index (χ1n) is 4.98. The number of nitrogens with two attached hydrogens (primary N) is 1. The first-order valence-corrected chi connectivity index (χ1v) is 7.04. The van der Waals surface area contributed by atoms with E-state index in [1.807, 2.05) is 18.2 Å². The summed E-state index contributed by atoms with van der Waals surface area (Å²) < 4.78 is 31.2. The van der Waals surface area contributed by atoms with Crippen molar-refractivity contribution in [1.29, 1.82) is 0 Å². The molecule has 3 N–H and O–H groups in total. The average molecular weight is 272 g/mol. The maximum Gasteiger partial charge on any atom is 0.218 e. The molecule has 0 saturated carbocycles. The third-order valence-corrected chi connectivity index (χ3v) is 4.02. The van der Waals surface area contributed by atoms with Gasteiger partial charge < -0.3 is 10.5 Å². The number of hydrogen-bond acceptors (Lipinski definition) is 4. The highest BCUT2D eigenvalue weighted by Gasteiger charge is 2.27. The molecule has 17 heavy (non-hydrogen) atoms. The number of hydrogen-bond donors (Lipinski definition) is 2. The first-order chi connectivity index (χ1) is 7.98. The number of sulfonamides is 1. The van der Waals surface area contributed by atoms with E-state index in [9.17, 15) is 8.42 Å². The van der Waals surface area contributed by atoms with E-state index in [4.69, 9.17) is 10.5 Å². The predicted molar refractivity (Wildman–Crippen MR) is 68.4 cm³/mol. The summed E-state index contributed by atoms with van der Waals surface area (Å²) in [5.41, 5.74) is 6.06. The second kappa shape index (κ2) is 4.59. The molecule has 0 radical (unpaired) electrons. The van der Waals surface area contributed by atoms with Crippen LogP contribution in [0.4, 0.5) is 0 Å². The molecule has 0 saturated heterocycles. The summed E-state index contributed by atoms with van der Waals surface area (Å²) >= 11 is 4.59. The Kier molecular flexibility index (Phi) is 3.32. The molecule has 92 valence electrons. The van der Waals surface area contributed by atoms with Crippen LogP contribution in [-0.2, 0) is 10.0 Å². The summed E-state index contributed by atoms with van der Waals surface area (Å²) in [5.74, 6) is 0.358. The summed E-state index contributed by atoms with van der Waals surface area (Å²) in [5, 5.41) is 0. The topological polar surface area (TPSA) is 81.4 Å². The van der Waals surface area contributed by atoms with Gasteiger partial charge in [-0.2, -0.15) is 0 Å². The van der Waals surface area contributed by atoms with Crippen molar-refractivity contribution in [3.63, 3.8) is 0 Å². The molecular formula is C10H12N2O3S2. The Morgan fingerprint density at radius 1 is 1.53 bits per heavy atom. The van der Waals surface area contributed by atoms with Crippen LogP contribution in [0.2, 0.25) is 0 Å². The Morgan fingerprint density at radius 3 is 2.94 bits per heavy atom. The fraction of sp³-hybridized carbons (Fsp3) is 0.300. The predicted octanol–water partition coefficient (Wildman–Crippen LogP) is 0.326. The highest BCUT2D eigenvalue weighted by atomic mass is 32.2. The minimum Gasteiger partial charge on any atom is -0.491 e. The van der Waals surface area contributed by atoms with Crippen molar-refractivity contribution in [1.82, 2.24) is 4.72 Å². The highest BCUT2D eigenvalue weighted by molar-refractivity contribution is 7.92. The molecule has 0 bridgehead atoms. The lowest BCUT2D eigenvalue weighted by atomic mass is 10.1. The molecule has 0 fully saturated rings. The van der Waals surface area contributed by atoms with Crippen molar-refractivity contribution in [3.8, 4) is 5.75 Å². The lowest BCUT2D eigenvalue weighted by Crippen LogP contribution is -2.35. The van der Waals surface area contributed by atoms with Crippen LogP contribution in [-0.4, -0.2) is 25.8 Å². The molecule has 1 aromatic rings. The molecule has 5 nitrogen and oxygen atoms in total.